The minimum Gasteiger partial charge on any atom is -0.450 e. The predicted octanol–water partition coefficient (Wildman–Crippen LogP) is 4.29. The van der Waals surface area contributed by atoms with Gasteiger partial charge in [0.05, 0.1) is 10.4 Å². The van der Waals surface area contributed by atoms with Crippen LogP contribution in [0.15, 0.2) is 35.6 Å². The Labute approximate surface area is 158 Å². The van der Waals surface area contributed by atoms with Crippen molar-refractivity contribution >= 4 is 34.3 Å². The fourth-order valence-electron chi connectivity index (χ4n) is 2.77. The van der Waals surface area contributed by atoms with E-state index in [-0.39, 0.29) is 11.4 Å². The van der Waals surface area contributed by atoms with E-state index in [4.69, 9.17) is 16.3 Å². The topological polar surface area (TPSA) is 74.3 Å². The lowest BCUT2D eigenvalue weighted by Gasteiger charge is -2.21. The Hall–Kier alpha value is -2.87. The lowest BCUT2D eigenvalue weighted by atomic mass is 10.2. The third-order valence-corrected chi connectivity index (χ3v) is 4.44. The second-order valence-electron chi connectivity index (χ2n) is 6.34. The first-order valence-corrected chi connectivity index (χ1v) is 8.73. The molecule has 4 rings (SSSR count). The first kappa shape index (κ1) is 17.5. The highest BCUT2D eigenvalue weighted by molar-refractivity contribution is 6.36. The largest absolute Gasteiger partial charge is 0.450 e. The molecule has 3 N–H and O–H groups in total. The summed E-state index contributed by atoms with van der Waals surface area (Å²) in [5.74, 6) is -1.11. The number of anilines is 1. The number of aromatic nitrogens is 2. The second kappa shape index (κ2) is 7.03. The number of ether oxygens (including phenoxy) is 1. The monoisotopic (exact) mass is 391 g/mol. The number of H-pyrrole nitrogens is 1. The van der Waals surface area contributed by atoms with Gasteiger partial charge in [-0.1, -0.05) is 18.5 Å². The van der Waals surface area contributed by atoms with E-state index in [1.54, 1.807) is 0 Å². The summed E-state index contributed by atoms with van der Waals surface area (Å²) in [6.07, 6.45) is 2.99. The van der Waals surface area contributed by atoms with Gasteiger partial charge in [-0.05, 0) is 12.0 Å². The molecule has 6 nitrogen and oxygen atoms in total. The molecular formula is C18H16ClF2N5O. The zero-order valence-electron chi connectivity index (χ0n) is 14.3. The van der Waals surface area contributed by atoms with E-state index in [0.717, 1.165) is 18.7 Å². The van der Waals surface area contributed by atoms with Crippen molar-refractivity contribution in [3.8, 4) is 11.5 Å². The molecule has 1 aromatic carbocycles. The van der Waals surface area contributed by atoms with Crippen molar-refractivity contribution in [3.05, 3.63) is 47.2 Å². The fourth-order valence-corrected chi connectivity index (χ4v) is 3.01. The number of halogens is 3. The van der Waals surface area contributed by atoms with Gasteiger partial charge in [0.2, 0.25) is 0 Å². The van der Waals surface area contributed by atoms with Crippen molar-refractivity contribution in [1.29, 1.82) is 0 Å². The van der Waals surface area contributed by atoms with E-state index in [1.807, 2.05) is 0 Å². The summed E-state index contributed by atoms with van der Waals surface area (Å²) in [6, 6.07) is 3.80. The molecular weight excluding hydrogens is 376 g/mol. The fraction of sp³-hybridized carbons (Fsp3) is 0.222. The molecule has 0 aliphatic carbocycles. The molecule has 3 aromatic rings. The second-order valence-corrected chi connectivity index (χ2v) is 6.75. The molecule has 0 amide bonds. The maximum Gasteiger partial charge on any atom is 0.198 e. The molecule has 0 spiro atoms. The van der Waals surface area contributed by atoms with Gasteiger partial charge < -0.3 is 20.4 Å². The number of pyridine rings is 1. The number of rotatable bonds is 3. The molecule has 1 atom stereocenters. The van der Waals surface area contributed by atoms with Gasteiger partial charge in [-0.3, -0.25) is 4.99 Å². The first-order valence-electron chi connectivity index (χ1n) is 8.35. The minimum absolute atomic E-state index is 0.206. The SMILES string of the molecule is CC1CN=C(Nc2cc(F)c(Oc3ccnc4[nH]cc(Cl)c34)c(F)c2)NC1. The van der Waals surface area contributed by atoms with E-state index < -0.39 is 17.4 Å². The van der Waals surface area contributed by atoms with Gasteiger partial charge in [-0.15, -0.1) is 0 Å². The molecule has 0 fully saturated rings. The van der Waals surface area contributed by atoms with E-state index in [0.29, 0.717) is 34.5 Å². The van der Waals surface area contributed by atoms with E-state index in [2.05, 4.69) is 32.5 Å². The number of aliphatic imine (C=N–C) groups is 1. The Balaban J connectivity index is 1.61. The van der Waals surface area contributed by atoms with Gasteiger partial charge in [0.1, 0.15) is 11.4 Å². The summed E-state index contributed by atoms with van der Waals surface area (Å²) in [5.41, 5.74) is 0.699. The molecule has 9 heteroatoms. The number of aromatic amines is 1. The molecule has 0 radical (unpaired) electrons. The van der Waals surface area contributed by atoms with Crippen LogP contribution in [0.3, 0.4) is 0 Å². The summed E-state index contributed by atoms with van der Waals surface area (Å²) < 4.78 is 34.5. The Morgan fingerprint density at radius 3 is 2.78 bits per heavy atom. The van der Waals surface area contributed by atoms with Crippen LogP contribution < -0.4 is 15.4 Å². The van der Waals surface area contributed by atoms with Crippen molar-refractivity contribution in [2.75, 3.05) is 18.4 Å². The molecule has 0 saturated carbocycles. The summed E-state index contributed by atoms with van der Waals surface area (Å²) in [6.45, 7) is 3.45. The highest BCUT2D eigenvalue weighted by atomic mass is 35.5. The Bertz CT molecular complexity index is 1010. The molecule has 1 unspecified atom stereocenters. The molecule has 2 aromatic heterocycles. The number of nitrogens with zero attached hydrogens (tertiary/aromatic N) is 2. The number of benzene rings is 1. The molecule has 3 heterocycles. The van der Waals surface area contributed by atoms with Gasteiger partial charge in [-0.25, -0.2) is 13.8 Å². The highest BCUT2D eigenvalue weighted by Crippen LogP contribution is 2.36. The summed E-state index contributed by atoms with van der Waals surface area (Å²) in [7, 11) is 0. The van der Waals surface area contributed by atoms with Crippen LogP contribution in [0.5, 0.6) is 11.5 Å². The van der Waals surface area contributed by atoms with Gasteiger partial charge >= 0.3 is 0 Å². The quantitative estimate of drug-likeness (QED) is 0.622. The zero-order valence-corrected chi connectivity index (χ0v) is 15.1. The van der Waals surface area contributed by atoms with E-state index in [1.165, 1.54) is 18.5 Å². The lowest BCUT2D eigenvalue weighted by Crippen LogP contribution is -2.39. The van der Waals surface area contributed by atoms with E-state index >= 15 is 0 Å². The summed E-state index contributed by atoms with van der Waals surface area (Å²) in [4.78, 5) is 11.2. The maximum atomic E-state index is 14.5. The highest BCUT2D eigenvalue weighted by Gasteiger charge is 2.18. The third kappa shape index (κ3) is 3.52. The van der Waals surface area contributed by atoms with Crippen molar-refractivity contribution in [3.63, 3.8) is 0 Å². The van der Waals surface area contributed by atoms with Crippen molar-refractivity contribution in [2.45, 2.75) is 6.92 Å². The van der Waals surface area contributed by atoms with Gasteiger partial charge in [-0.2, -0.15) is 0 Å². The molecule has 0 bridgehead atoms. The number of hydrogen-bond acceptors (Lipinski definition) is 5. The van der Waals surface area contributed by atoms with Crippen LogP contribution in [-0.2, 0) is 0 Å². The maximum absolute atomic E-state index is 14.5. The van der Waals surface area contributed by atoms with Crippen molar-refractivity contribution in [2.24, 2.45) is 10.9 Å². The standard InChI is InChI=1S/C18H16ClF2N5O/c1-9-6-24-18(25-7-9)26-10-4-12(20)16(13(21)5-10)27-14-2-3-22-17-15(14)11(19)8-23-17/h2-5,8-9H,6-7H2,1H3,(H,22,23)(H2,24,25,26). The van der Waals surface area contributed by atoms with Crippen LogP contribution in [0.1, 0.15) is 6.92 Å². The molecule has 0 saturated heterocycles. The van der Waals surface area contributed by atoms with Crippen LogP contribution in [-0.4, -0.2) is 29.0 Å². The van der Waals surface area contributed by atoms with E-state index in [9.17, 15) is 8.78 Å². The third-order valence-electron chi connectivity index (χ3n) is 4.14. The number of hydrogen-bond donors (Lipinski definition) is 3. The molecule has 1 aliphatic rings. The van der Waals surface area contributed by atoms with Crippen LogP contribution in [0.25, 0.3) is 11.0 Å². The van der Waals surface area contributed by atoms with Gasteiger partial charge in [0.25, 0.3) is 0 Å². The van der Waals surface area contributed by atoms with Crippen molar-refractivity contribution in [1.82, 2.24) is 15.3 Å². The van der Waals surface area contributed by atoms with Crippen LogP contribution in [0.4, 0.5) is 14.5 Å². The smallest absolute Gasteiger partial charge is 0.198 e. The van der Waals surface area contributed by atoms with Crippen molar-refractivity contribution < 1.29 is 13.5 Å². The van der Waals surface area contributed by atoms with Crippen LogP contribution in [0.2, 0.25) is 5.02 Å². The average molecular weight is 392 g/mol. The normalized spacial score (nSPS) is 16.7. The van der Waals surface area contributed by atoms with Crippen LogP contribution in [0, 0.1) is 17.6 Å². The lowest BCUT2D eigenvalue weighted by molar-refractivity contribution is 0.411. The molecule has 1 aliphatic heterocycles. The van der Waals surface area contributed by atoms with Gasteiger partial charge in [0, 0.05) is 43.3 Å². The Morgan fingerprint density at radius 1 is 1.30 bits per heavy atom. The number of nitrogens with one attached hydrogen (secondary N) is 3. The first-order chi connectivity index (χ1) is 13.0. The number of guanidine groups is 1. The summed E-state index contributed by atoms with van der Waals surface area (Å²) in [5, 5.41) is 6.75. The van der Waals surface area contributed by atoms with Crippen LogP contribution >= 0.6 is 11.6 Å². The Morgan fingerprint density at radius 2 is 2.07 bits per heavy atom. The average Bonchev–Trinajstić information content (AvgIpc) is 3.02. The molecule has 140 valence electrons. The Kier molecular flexibility index (Phi) is 4.57. The number of fused-ring (bicyclic) bond motifs is 1. The van der Waals surface area contributed by atoms with Gasteiger partial charge in [0.15, 0.2) is 23.3 Å². The zero-order chi connectivity index (χ0) is 19.0. The minimum atomic E-state index is -0.848. The summed E-state index contributed by atoms with van der Waals surface area (Å²) >= 11 is 6.10. The molecule has 27 heavy (non-hydrogen) atoms. The predicted molar refractivity (Wildman–Crippen MR) is 101 cm³/mol.